The summed E-state index contributed by atoms with van der Waals surface area (Å²) in [4.78, 5) is 7.98. The monoisotopic (exact) mass is 247 g/mol. The van der Waals surface area contributed by atoms with Crippen LogP contribution in [0.5, 0.6) is 0 Å². The quantitative estimate of drug-likeness (QED) is 0.552. The van der Waals surface area contributed by atoms with Crippen LogP contribution in [0.4, 0.5) is 16.2 Å². The average molecular weight is 247 g/mol. The Balaban J connectivity index is 1.90. The SMILES string of the molecule is NNc1nccc(NCCc2ccccc2F)n1. The Morgan fingerprint density at radius 1 is 1.22 bits per heavy atom. The maximum Gasteiger partial charge on any atom is 0.239 e. The van der Waals surface area contributed by atoms with Gasteiger partial charge in [-0.15, -0.1) is 0 Å². The van der Waals surface area contributed by atoms with Crippen molar-refractivity contribution in [1.82, 2.24) is 9.97 Å². The zero-order valence-electron chi connectivity index (χ0n) is 9.73. The van der Waals surface area contributed by atoms with Gasteiger partial charge in [0.15, 0.2) is 0 Å². The Morgan fingerprint density at radius 3 is 2.83 bits per heavy atom. The van der Waals surface area contributed by atoms with E-state index in [0.717, 1.165) is 0 Å². The number of hydrogen-bond acceptors (Lipinski definition) is 5. The van der Waals surface area contributed by atoms with E-state index in [9.17, 15) is 4.39 Å². The third kappa shape index (κ3) is 3.14. The molecule has 0 spiro atoms. The smallest absolute Gasteiger partial charge is 0.239 e. The number of nitrogens with one attached hydrogen (secondary N) is 2. The van der Waals surface area contributed by atoms with E-state index in [-0.39, 0.29) is 5.82 Å². The Kier molecular flexibility index (Phi) is 4.03. The van der Waals surface area contributed by atoms with Crippen molar-refractivity contribution in [2.75, 3.05) is 17.3 Å². The Bertz CT molecular complexity index is 517. The number of rotatable bonds is 5. The summed E-state index contributed by atoms with van der Waals surface area (Å²) in [5.41, 5.74) is 3.04. The van der Waals surface area contributed by atoms with Crippen LogP contribution in [-0.4, -0.2) is 16.5 Å². The number of nitrogens with zero attached hydrogens (tertiary/aromatic N) is 2. The van der Waals surface area contributed by atoms with Crippen LogP contribution in [0.3, 0.4) is 0 Å². The van der Waals surface area contributed by atoms with Crippen molar-refractivity contribution >= 4 is 11.8 Å². The summed E-state index contributed by atoms with van der Waals surface area (Å²) in [6.45, 7) is 0.585. The minimum Gasteiger partial charge on any atom is -0.370 e. The van der Waals surface area contributed by atoms with E-state index in [2.05, 4.69) is 20.7 Å². The van der Waals surface area contributed by atoms with Gasteiger partial charge < -0.3 is 5.32 Å². The number of nitrogen functional groups attached to an aromatic ring is 1. The summed E-state index contributed by atoms with van der Waals surface area (Å²) in [6.07, 6.45) is 2.18. The zero-order chi connectivity index (χ0) is 12.8. The fraction of sp³-hybridized carbons (Fsp3) is 0.167. The van der Waals surface area contributed by atoms with Gasteiger partial charge in [-0.25, -0.2) is 15.2 Å². The molecule has 0 amide bonds. The van der Waals surface area contributed by atoms with Crippen molar-refractivity contribution in [1.29, 1.82) is 0 Å². The number of hydrogen-bond donors (Lipinski definition) is 3. The molecule has 0 atom stereocenters. The largest absolute Gasteiger partial charge is 0.370 e. The molecule has 0 fully saturated rings. The summed E-state index contributed by atoms with van der Waals surface area (Å²) in [5.74, 6) is 6.00. The van der Waals surface area contributed by atoms with Gasteiger partial charge in [-0.1, -0.05) is 18.2 Å². The van der Waals surface area contributed by atoms with Crippen LogP contribution >= 0.6 is 0 Å². The highest BCUT2D eigenvalue weighted by Crippen LogP contribution is 2.08. The van der Waals surface area contributed by atoms with Crippen molar-refractivity contribution in [2.45, 2.75) is 6.42 Å². The number of benzene rings is 1. The molecule has 0 aliphatic rings. The molecule has 94 valence electrons. The fourth-order valence-electron chi connectivity index (χ4n) is 1.55. The first kappa shape index (κ1) is 12.3. The lowest BCUT2D eigenvalue weighted by Crippen LogP contribution is -2.12. The topological polar surface area (TPSA) is 75.9 Å². The van der Waals surface area contributed by atoms with Crippen molar-refractivity contribution in [3.8, 4) is 0 Å². The first-order valence-corrected chi connectivity index (χ1v) is 5.56. The summed E-state index contributed by atoms with van der Waals surface area (Å²) >= 11 is 0. The first-order chi connectivity index (χ1) is 8.79. The molecule has 2 rings (SSSR count). The van der Waals surface area contributed by atoms with Crippen LogP contribution in [0.1, 0.15) is 5.56 Å². The van der Waals surface area contributed by atoms with Gasteiger partial charge in [0.05, 0.1) is 0 Å². The second-order valence-electron chi connectivity index (χ2n) is 3.68. The molecule has 18 heavy (non-hydrogen) atoms. The molecule has 1 aromatic carbocycles. The molecule has 0 aliphatic heterocycles. The minimum atomic E-state index is -0.189. The van der Waals surface area contributed by atoms with Gasteiger partial charge in [-0.05, 0) is 24.1 Å². The molecular formula is C12H14FN5. The molecule has 5 nitrogen and oxygen atoms in total. The van der Waals surface area contributed by atoms with Crippen LogP contribution < -0.4 is 16.6 Å². The number of nitrogens with two attached hydrogens (primary N) is 1. The predicted octanol–water partition coefficient (Wildman–Crippen LogP) is 1.56. The van der Waals surface area contributed by atoms with E-state index >= 15 is 0 Å². The molecular weight excluding hydrogens is 233 g/mol. The Morgan fingerprint density at radius 2 is 2.06 bits per heavy atom. The lowest BCUT2D eigenvalue weighted by molar-refractivity contribution is 0.610. The van der Waals surface area contributed by atoms with E-state index in [4.69, 9.17) is 5.84 Å². The van der Waals surface area contributed by atoms with Crippen molar-refractivity contribution in [3.63, 3.8) is 0 Å². The van der Waals surface area contributed by atoms with Crippen LogP contribution in [0.25, 0.3) is 0 Å². The third-order valence-electron chi connectivity index (χ3n) is 2.44. The maximum atomic E-state index is 13.4. The zero-order valence-corrected chi connectivity index (χ0v) is 9.73. The molecule has 0 radical (unpaired) electrons. The van der Waals surface area contributed by atoms with Gasteiger partial charge in [0.2, 0.25) is 5.95 Å². The molecule has 1 heterocycles. The third-order valence-corrected chi connectivity index (χ3v) is 2.44. The van der Waals surface area contributed by atoms with Gasteiger partial charge in [-0.2, -0.15) is 4.98 Å². The van der Waals surface area contributed by atoms with Gasteiger partial charge >= 0.3 is 0 Å². The average Bonchev–Trinajstić information content (AvgIpc) is 2.41. The highest BCUT2D eigenvalue weighted by atomic mass is 19.1. The molecule has 6 heteroatoms. The van der Waals surface area contributed by atoms with Crippen LogP contribution in [0, 0.1) is 5.82 Å². The molecule has 0 saturated carbocycles. The number of anilines is 2. The molecule has 0 bridgehead atoms. The summed E-state index contributed by atoms with van der Waals surface area (Å²) in [6, 6.07) is 8.44. The summed E-state index contributed by atoms with van der Waals surface area (Å²) in [5, 5.41) is 3.08. The van der Waals surface area contributed by atoms with Gasteiger partial charge in [0.1, 0.15) is 11.6 Å². The second kappa shape index (κ2) is 5.92. The highest BCUT2D eigenvalue weighted by molar-refractivity contribution is 5.39. The van der Waals surface area contributed by atoms with E-state index in [1.54, 1.807) is 24.4 Å². The van der Waals surface area contributed by atoms with Gasteiger partial charge in [-0.3, -0.25) is 5.43 Å². The summed E-state index contributed by atoms with van der Waals surface area (Å²) < 4.78 is 13.4. The normalized spacial score (nSPS) is 10.1. The molecule has 2 aromatic rings. The Labute approximate surface area is 104 Å². The summed E-state index contributed by atoms with van der Waals surface area (Å²) in [7, 11) is 0. The van der Waals surface area contributed by atoms with E-state index in [0.29, 0.717) is 30.3 Å². The number of aromatic nitrogens is 2. The number of halogens is 1. The molecule has 4 N–H and O–H groups in total. The fourth-order valence-corrected chi connectivity index (χ4v) is 1.55. The van der Waals surface area contributed by atoms with E-state index in [1.807, 2.05) is 6.07 Å². The van der Waals surface area contributed by atoms with Crippen molar-refractivity contribution in [2.24, 2.45) is 5.84 Å². The minimum absolute atomic E-state index is 0.189. The number of hydrazine groups is 1. The molecule has 0 saturated heterocycles. The van der Waals surface area contributed by atoms with E-state index in [1.165, 1.54) is 6.07 Å². The first-order valence-electron chi connectivity index (χ1n) is 5.56. The molecule has 0 aliphatic carbocycles. The van der Waals surface area contributed by atoms with Crippen molar-refractivity contribution < 1.29 is 4.39 Å². The second-order valence-corrected chi connectivity index (χ2v) is 3.68. The van der Waals surface area contributed by atoms with Gasteiger partial charge in [0.25, 0.3) is 0 Å². The molecule has 1 aromatic heterocycles. The van der Waals surface area contributed by atoms with E-state index < -0.39 is 0 Å². The highest BCUT2D eigenvalue weighted by Gasteiger charge is 2.01. The maximum absolute atomic E-state index is 13.4. The lowest BCUT2D eigenvalue weighted by Gasteiger charge is -2.07. The van der Waals surface area contributed by atoms with Gasteiger partial charge in [0, 0.05) is 12.7 Å². The lowest BCUT2D eigenvalue weighted by atomic mass is 10.1. The Hall–Kier alpha value is -2.21. The predicted molar refractivity (Wildman–Crippen MR) is 68.4 cm³/mol. The molecule has 0 unspecified atom stereocenters. The van der Waals surface area contributed by atoms with Crippen LogP contribution in [-0.2, 0) is 6.42 Å². The van der Waals surface area contributed by atoms with Crippen molar-refractivity contribution in [3.05, 3.63) is 47.9 Å². The van der Waals surface area contributed by atoms with Crippen LogP contribution in [0.15, 0.2) is 36.5 Å². The van der Waals surface area contributed by atoms with Crippen LogP contribution in [0.2, 0.25) is 0 Å². The standard InChI is InChI=1S/C12H14FN5/c13-10-4-2-1-3-9(10)5-7-15-11-6-8-16-12(17-11)18-14/h1-4,6,8H,5,7,14H2,(H2,15,16,17,18).